The second-order valence-electron chi connectivity index (χ2n) is 6.59. The first kappa shape index (κ1) is 23.9. The molecule has 3 rings (SSSR count). The van der Waals surface area contributed by atoms with Crippen LogP contribution in [0.3, 0.4) is 0 Å². The Balaban J connectivity index is 1.87. The van der Waals surface area contributed by atoms with Crippen molar-refractivity contribution in [2.24, 2.45) is 4.99 Å². The molecule has 0 aliphatic carbocycles. The molecule has 1 amide bonds. The maximum Gasteiger partial charge on any atom is 0.266 e. The highest BCUT2D eigenvalue weighted by molar-refractivity contribution is 9.10. The number of carbonyl (C=O) groups excluding carboxylic acids is 1. The first-order valence-corrected chi connectivity index (χ1v) is 12.5. The maximum atomic E-state index is 12.8. The quantitative estimate of drug-likeness (QED) is 0.342. The Morgan fingerprint density at radius 2 is 1.77 bits per heavy atom. The van der Waals surface area contributed by atoms with Crippen LogP contribution in [0.2, 0.25) is 0 Å². The number of carbonyl (C=O) groups is 1. The molecule has 5 nitrogen and oxygen atoms in total. The predicted octanol–water partition coefficient (Wildman–Crippen LogP) is 6.50. The van der Waals surface area contributed by atoms with Crippen LogP contribution in [0.15, 0.2) is 55.2 Å². The summed E-state index contributed by atoms with van der Waals surface area (Å²) in [6.45, 7) is 8.02. The number of thioether (sulfide) groups is 1. The van der Waals surface area contributed by atoms with Crippen LogP contribution in [-0.2, 0) is 11.4 Å². The molecule has 1 heterocycles. The number of halogens is 2. The molecule has 164 valence electrons. The zero-order valence-electron chi connectivity index (χ0n) is 17.7. The molecule has 0 saturated carbocycles. The average molecular weight is 568 g/mol. The second kappa shape index (κ2) is 11.2. The molecule has 1 aliphatic rings. The Labute approximate surface area is 204 Å². The van der Waals surface area contributed by atoms with Gasteiger partial charge in [0.15, 0.2) is 16.7 Å². The van der Waals surface area contributed by atoms with Crippen LogP contribution in [-0.4, -0.2) is 35.7 Å². The summed E-state index contributed by atoms with van der Waals surface area (Å²) in [6, 6.07) is 11.8. The fraction of sp³-hybridized carbons (Fsp3) is 0.304. The Morgan fingerprint density at radius 1 is 1.06 bits per heavy atom. The van der Waals surface area contributed by atoms with Crippen molar-refractivity contribution in [2.75, 3.05) is 19.7 Å². The van der Waals surface area contributed by atoms with Gasteiger partial charge in [0.2, 0.25) is 0 Å². The van der Waals surface area contributed by atoms with Crippen LogP contribution in [0.5, 0.6) is 11.5 Å². The Hall–Kier alpha value is -1.77. The van der Waals surface area contributed by atoms with Crippen molar-refractivity contribution in [3.8, 4) is 11.5 Å². The molecule has 0 N–H and O–H groups in total. The predicted molar refractivity (Wildman–Crippen MR) is 135 cm³/mol. The van der Waals surface area contributed by atoms with Crippen molar-refractivity contribution in [1.29, 1.82) is 0 Å². The number of hydrogen-bond donors (Lipinski definition) is 0. The van der Waals surface area contributed by atoms with Gasteiger partial charge in [0.1, 0.15) is 6.61 Å². The smallest absolute Gasteiger partial charge is 0.266 e. The molecule has 2 aromatic rings. The number of likely N-dealkylation sites (N-methyl/N-ethyl adjacent to an activating group) is 1. The molecule has 1 aliphatic heterocycles. The van der Waals surface area contributed by atoms with Gasteiger partial charge in [-0.3, -0.25) is 14.7 Å². The number of hydrogen-bond acceptors (Lipinski definition) is 5. The minimum atomic E-state index is -0.0277. The topological polar surface area (TPSA) is 51.1 Å². The third-order valence-electron chi connectivity index (χ3n) is 4.45. The lowest BCUT2D eigenvalue weighted by Crippen LogP contribution is -2.28. The van der Waals surface area contributed by atoms with E-state index >= 15 is 0 Å². The number of amides is 1. The molecule has 0 radical (unpaired) electrons. The van der Waals surface area contributed by atoms with Gasteiger partial charge in [-0.1, -0.05) is 44.0 Å². The van der Waals surface area contributed by atoms with E-state index in [0.29, 0.717) is 42.7 Å². The Bertz CT molecular complexity index is 1010. The van der Waals surface area contributed by atoms with E-state index in [0.717, 1.165) is 25.2 Å². The highest BCUT2D eigenvalue weighted by Crippen LogP contribution is 2.38. The number of ether oxygens (including phenoxy) is 2. The summed E-state index contributed by atoms with van der Waals surface area (Å²) in [6.07, 6.45) is 1.87. The molecule has 0 atom stereocenters. The fourth-order valence-corrected chi connectivity index (χ4v) is 4.76. The van der Waals surface area contributed by atoms with E-state index < -0.39 is 0 Å². The summed E-state index contributed by atoms with van der Waals surface area (Å²) in [5, 5.41) is 0.747. The third-order valence-corrected chi connectivity index (χ3v) is 6.71. The van der Waals surface area contributed by atoms with Crippen LogP contribution < -0.4 is 9.47 Å². The Kier molecular flexibility index (Phi) is 8.63. The van der Waals surface area contributed by atoms with Crippen LogP contribution >= 0.6 is 43.6 Å². The molecule has 8 heteroatoms. The molecule has 0 aromatic heterocycles. The largest absolute Gasteiger partial charge is 0.490 e. The number of benzene rings is 2. The van der Waals surface area contributed by atoms with Crippen molar-refractivity contribution < 1.29 is 14.3 Å². The van der Waals surface area contributed by atoms with Crippen molar-refractivity contribution in [1.82, 2.24) is 4.90 Å². The first-order valence-electron chi connectivity index (χ1n) is 10.1. The van der Waals surface area contributed by atoms with Crippen molar-refractivity contribution >= 4 is 60.8 Å². The van der Waals surface area contributed by atoms with Crippen molar-refractivity contribution in [3.63, 3.8) is 0 Å². The van der Waals surface area contributed by atoms with E-state index in [-0.39, 0.29) is 5.91 Å². The number of nitrogens with zero attached hydrogens (tertiary/aromatic N) is 2. The number of aliphatic imine (C=N–C) groups is 1. The van der Waals surface area contributed by atoms with Gasteiger partial charge in [0, 0.05) is 22.0 Å². The lowest BCUT2D eigenvalue weighted by molar-refractivity contribution is -0.122. The minimum Gasteiger partial charge on any atom is -0.490 e. The second-order valence-corrected chi connectivity index (χ2v) is 9.36. The van der Waals surface area contributed by atoms with Gasteiger partial charge in [-0.15, -0.1) is 0 Å². The molecule has 0 spiro atoms. The van der Waals surface area contributed by atoms with E-state index in [2.05, 4.69) is 36.9 Å². The van der Waals surface area contributed by atoms with Gasteiger partial charge in [-0.05, 0) is 74.0 Å². The first-order chi connectivity index (χ1) is 15.0. The van der Waals surface area contributed by atoms with Crippen molar-refractivity contribution in [2.45, 2.75) is 27.4 Å². The molecular weight excluding hydrogens is 544 g/mol. The van der Waals surface area contributed by atoms with Gasteiger partial charge in [0.05, 0.1) is 11.5 Å². The zero-order valence-corrected chi connectivity index (χ0v) is 21.6. The van der Waals surface area contributed by atoms with E-state index in [1.807, 2.05) is 63.2 Å². The molecular formula is C23H24Br2N2O3S. The van der Waals surface area contributed by atoms with E-state index in [9.17, 15) is 4.79 Å². The highest BCUT2D eigenvalue weighted by atomic mass is 79.9. The summed E-state index contributed by atoms with van der Waals surface area (Å²) in [4.78, 5) is 19.6. The van der Waals surface area contributed by atoms with Crippen molar-refractivity contribution in [3.05, 3.63) is 61.4 Å². The van der Waals surface area contributed by atoms with Crippen LogP contribution in [0.1, 0.15) is 31.9 Å². The molecule has 1 fully saturated rings. The summed E-state index contributed by atoms with van der Waals surface area (Å²) in [5.74, 6) is 1.26. The van der Waals surface area contributed by atoms with Gasteiger partial charge in [0.25, 0.3) is 5.91 Å². The van der Waals surface area contributed by atoms with Gasteiger partial charge in [-0.2, -0.15) is 0 Å². The number of rotatable bonds is 8. The van der Waals surface area contributed by atoms with Crippen LogP contribution in [0, 0.1) is 0 Å². The molecule has 1 saturated heterocycles. The number of amidine groups is 1. The minimum absolute atomic E-state index is 0.0277. The van der Waals surface area contributed by atoms with Gasteiger partial charge < -0.3 is 9.47 Å². The zero-order chi connectivity index (χ0) is 22.4. The normalized spacial score (nSPS) is 16.4. The molecule has 0 unspecified atom stereocenters. The summed E-state index contributed by atoms with van der Waals surface area (Å²) in [7, 11) is 0. The van der Waals surface area contributed by atoms with Gasteiger partial charge in [-0.25, -0.2) is 0 Å². The van der Waals surface area contributed by atoms with Crippen LogP contribution in [0.25, 0.3) is 6.08 Å². The third kappa shape index (κ3) is 5.93. The molecule has 2 aromatic carbocycles. The average Bonchev–Trinajstić information content (AvgIpc) is 3.05. The Morgan fingerprint density at radius 3 is 2.42 bits per heavy atom. The lowest BCUT2D eigenvalue weighted by Gasteiger charge is -2.14. The molecule has 0 bridgehead atoms. The monoisotopic (exact) mass is 566 g/mol. The lowest BCUT2D eigenvalue weighted by atomic mass is 10.1. The molecule has 31 heavy (non-hydrogen) atoms. The maximum absolute atomic E-state index is 12.8. The highest BCUT2D eigenvalue weighted by Gasteiger charge is 2.32. The fourth-order valence-electron chi connectivity index (χ4n) is 2.97. The van der Waals surface area contributed by atoms with Crippen LogP contribution in [0.4, 0.5) is 0 Å². The van der Waals surface area contributed by atoms with Gasteiger partial charge >= 0.3 is 0 Å². The van der Waals surface area contributed by atoms with E-state index in [4.69, 9.17) is 9.47 Å². The summed E-state index contributed by atoms with van der Waals surface area (Å²) in [5.41, 5.74) is 1.91. The van der Waals surface area contributed by atoms with E-state index in [1.165, 1.54) is 11.8 Å². The standard InChI is InChI=1S/C23H24Br2N2O3S/c1-4-26-23-27(5-2)22(28)21(31-23)12-16-11-19(29-6-3)20(13-18(16)25)30-14-15-7-9-17(24)10-8-15/h7-13H,4-6,14H2,1-3H3/b21-12-,26-23?. The summed E-state index contributed by atoms with van der Waals surface area (Å²) >= 11 is 8.47. The SMILES string of the molecule is CCN=C1S/C(=C\c2cc(OCC)c(OCc3ccc(Br)cc3)cc2Br)C(=O)N1CC. The summed E-state index contributed by atoms with van der Waals surface area (Å²) < 4.78 is 13.7. The van der Waals surface area contributed by atoms with E-state index in [1.54, 1.807) is 4.90 Å².